The standard InChI is InChI=1S/C22H22N6O5/c1-24-21(31)12-6-11-2-3-13(7-15(11)25-8-12)32-9-16-17(29)18(30)22(33-16)28-5-4-14-19(23)26-10-27-20(14)28/h2-8,10,16-18,22,29-30H,9H2,1H3,(H,24,31)(H2,23,26,27)/t16-,17-,18-,22-/m1/s1. The van der Waals surface area contributed by atoms with E-state index in [4.69, 9.17) is 15.2 Å². The number of fused-ring (bicyclic) bond motifs is 2. The van der Waals surface area contributed by atoms with Crippen LogP contribution in [-0.2, 0) is 4.74 Å². The van der Waals surface area contributed by atoms with Crippen molar-refractivity contribution >= 4 is 33.7 Å². The lowest BCUT2D eigenvalue weighted by atomic mass is 10.1. The fourth-order valence-electron chi connectivity index (χ4n) is 3.93. The van der Waals surface area contributed by atoms with Crippen molar-refractivity contribution in [2.45, 2.75) is 24.5 Å². The first-order valence-corrected chi connectivity index (χ1v) is 10.3. The average Bonchev–Trinajstić information content (AvgIpc) is 3.38. The maximum atomic E-state index is 11.8. The van der Waals surface area contributed by atoms with Crippen LogP contribution in [0, 0.1) is 0 Å². The van der Waals surface area contributed by atoms with Crippen molar-refractivity contribution in [2.75, 3.05) is 19.4 Å². The van der Waals surface area contributed by atoms with Gasteiger partial charge in [-0.1, -0.05) is 0 Å². The van der Waals surface area contributed by atoms with E-state index in [1.807, 2.05) is 0 Å². The van der Waals surface area contributed by atoms with Gasteiger partial charge in [0.1, 0.15) is 48.5 Å². The van der Waals surface area contributed by atoms with Crippen LogP contribution in [-0.4, -0.2) is 67.6 Å². The van der Waals surface area contributed by atoms with Crippen LogP contribution >= 0.6 is 0 Å². The Kier molecular flexibility index (Phi) is 5.29. The van der Waals surface area contributed by atoms with Gasteiger partial charge in [-0.25, -0.2) is 9.97 Å². The number of hydrogen-bond acceptors (Lipinski definition) is 9. The second-order valence-electron chi connectivity index (χ2n) is 7.73. The highest BCUT2D eigenvalue weighted by Gasteiger charge is 2.44. The second-order valence-corrected chi connectivity index (χ2v) is 7.73. The number of nitrogens with zero attached hydrogens (tertiary/aromatic N) is 4. The van der Waals surface area contributed by atoms with Gasteiger partial charge < -0.3 is 35.3 Å². The average molecular weight is 450 g/mol. The number of amides is 1. The molecule has 33 heavy (non-hydrogen) atoms. The number of anilines is 1. The summed E-state index contributed by atoms with van der Waals surface area (Å²) in [7, 11) is 1.56. The number of nitrogens with one attached hydrogen (secondary N) is 1. The van der Waals surface area contributed by atoms with E-state index in [1.54, 1.807) is 48.1 Å². The fraction of sp³-hybridized carbons (Fsp3) is 0.273. The third-order valence-corrected chi connectivity index (χ3v) is 5.71. The lowest BCUT2D eigenvalue weighted by Gasteiger charge is -2.17. The fourth-order valence-corrected chi connectivity index (χ4v) is 3.93. The van der Waals surface area contributed by atoms with Crippen LogP contribution in [0.4, 0.5) is 5.82 Å². The molecule has 0 spiro atoms. The Morgan fingerprint density at radius 3 is 2.88 bits per heavy atom. The van der Waals surface area contributed by atoms with Crippen LogP contribution in [0.1, 0.15) is 16.6 Å². The van der Waals surface area contributed by atoms with Gasteiger partial charge in [0.05, 0.1) is 16.5 Å². The van der Waals surface area contributed by atoms with Crippen molar-refractivity contribution < 1.29 is 24.5 Å². The SMILES string of the molecule is CNC(=O)c1cnc2cc(OC[C@H]3O[C@@H](n4ccc5c(N)ncnc54)[C@H](O)[C@@H]3O)ccc2c1. The van der Waals surface area contributed by atoms with Gasteiger partial charge in [-0.15, -0.1) is 0 Å². The summed E-state index contributed by atoms with van der Waals surface area (Å²) in [5.74, 6) is 0.622. The molecule has 1 aromatic carbocycles. The molecule has 0 aliphatic carbocycles. The van der Waals surface area contributed by atoms with Crippen molar-refractivity contribution in [3.63, 3.8) is 0 Å². The predicted molar refractivity (Wildman–Crippen MR) is 118 cm³/mol. The number of carbonyl (C=O) groups is 1. The van der Waals surface area contributed by atoms with E-state index < -0.39 is 24.5 Å². The topological polar surface area (TPSA) is 158 Å². The first kappa shape index (κ1) is 21.1. The van der Waals surface area contributed by atoms with E-state index >= 15 is 0 Å². The highest BCUT2D eigenvalue weighted by molar-refractivity contribution is 5.97. The van der Waals surface area contributed by atoms with Crippen molar-refractivity contribution in [1.82, 2.24) is 24.8 Å². The summed E-state index contributed by atoms with van der Waals surface area (Å²) in [5, 5.41) is 25.1. The quantitative estimate of drug-likeness (QED) is 0.342. The molecule has 4 aromatic rings. The van der Waals surface area contributed by atoms with Crippen LogP contribution in [0.15, 0.2) is 49.1 Å². The van der Waals surface area contributed by atoms with Crippen molar-refractivity contribution in [1.29, 1.82) is 0 Å². The summed E-state index contributed by atoms with van der Waals surface area (Å²) in [5.41, 5.74) is 7.49. The van der Waals surface area contributed by atoms with Gasteiger partial charge in [-0.3, -0.25) is 9.78 Å². The van der Waals surface area contributed by atoms with Crippen LogP contribution in [0.25, 0.3) is 21.9 Å². The van der Waals surface area contributed by atoms with Crippen LogP contribution in [0.2, 0.25) is 0 Å². The lowest BCUT2D eigenvalue weighted by molar-refractivity contribution is -0.0471. The lowest BCUT2D eigenvalue weighted by Crippen LogP contribution is -2.34. The molecule has 5 N–H and O–H groups in total. The summed E-state index contributed by atoms with van der Waals surface area (Å²) in [6.07, 6.45) is 0.516. The zero-order chi connectivity index (χ0) is 23.1. The number of hydrogen-bond donors (Lipinski definition) is 4. The molecular formula is C22H22N6O5. The highest BCUT2D eigenvalue weighted by Crippen LogP contribution is 2.33. The second kappa shape index (κ2) is 8.28. The number of benzene rings is 1. The van der Waals surface area contributed by atoms with Crippen molar-refractivity contribution in [3.8, 4) is 5.75 Å². The number of nitrogen functional groups attached to an aromatic ring is 1. The Hall–Kier alpha value is -3.80. The smallest absolute Gasteiger partial charge is 0.252 e. The number of carbonyl (C=O) groups excluding carboxylic acids is 1. The molecule has 4 atom stereocenters. The minimum absolute atomic E-state index is 0.00683. The number of aliphatic hydroxyl groups is 2. The molecule has 3 aromatic heterocycles. The molecule has 1 amide bonds. The summed E-state index contributed by atoms with van der Waals surface area (Å²) in [6.45, 7) is 0.00683. The van der Waals surface area contributed by atoms with Gasteiger partial charge in [0.15, 0.2) is 6.23 Å². The van der Waals surface area contributed by atoms with E-state index in [2.05, 4.69) is 20.3 Å². The molecule has 0 unspecified atom stereocenters. The van der Waals surface area contributed by atoms with Gasteiger partial charge in [-0.2, -0.15) is 0 Å². The maximum absolute atomic E-state index is 11.8. The molecule has 1 aliphatic rings. The molecule has 11 heteroatoms. The van der Waals surface area contributed by atoms with E-state index in [0.717, 1.165) is 5.39 Å². The largest absolute Gasteiger partial charge is 0.491 e. The van der Waals surface area contributed by atoms with E-state index in [-0.39, 0.29) is 12.5 Å². The number of ether oxygens (including phenoxy) is 2. The highest BCUT2D eigenvalue weighted by atomic mass is 16.6. The van der Waals surface area contributed by atoms with E-state index in [9.17, 15) is 15.0 Å². The first-order valence-electron chi connectivity index (χ1n) is 10.3. The molecule has 1 saturated heterocycles. The minimum atomic E-state index is -1.19. The molecule has 0 bridgehead atoms. The Balaban J connectivity index is 1.31. The summed E-state index contributed by atoms with van der Waals surface area (Å²) >= 11 is 0. The Labute approximate surface area is 187 Å². The number of nitrogens with two attached hydrogens (primary N) is 1. The summed E-state index contributed by atoms with van der Waals surface area (Å²) in [4.78, 5) is 24.3. The number of rotatable bonds is 5. The van der Waals surface area contributed by atoms with E-state index in [0.29, 0.717) is 33.7 Å². The minimum Gasteiger partial charge on any atom is -0.491 e. The third kappa shape index (κ3) is 3.71. The first-order chi connectivity index (χ1) is 16.0. The molecule has 4 heterocycles. The maximum Gasteiger partial charge on any atom is 0.252 e. The van der Waals surface area contributed by atoms with Gasteiger partial charge in [0.25, 0.3) is 5.91 Å². The molecular weight excluding hydrogens is 428 g/mol. The molecule has 5 rings (SSSR count). The molecule has 1 aliphatic heterocycles. The van der Waals surface area contributed by atoms with Gasteiger partial charge in [0.2, 0.25) is 0 Å². The number of pyridine rings is 1. The van der Waals surface area contributed by atoms with E-state index in [1.165, 1.54) is 12.5 Å². The molecule has 11 nitrogen and oxygen atoms in total. The molecule has 0 radical (unpaired) electrons. The van der Waals surface area contributed by atoms with Crippen molar-refractivity contribution in [2.24, 2.45) is 0 Å². The summed E-state index contributed by atoms with van der Waals surface area (Å²) < 4.78 is 13.4. The zero-order valence-corrected chi connectivity index (χ0v) is 17.6. The van der Waals surface area contributed by atoms with Crippen LogP contribution < -0.4 is 15.8 Å². The van der Waals surface area contributed by atoms with Gasteiger partial charge >= 0.3 is 0 Å². The van der Waals surface area contributed by atoms with Gasteiger partial charge in [0, 0.05) is 30.9 Å². The number of aromatic nitrogens is 4. The molecule has 170 valence electrons. The normalized spacial score (nSPS) is 22.6. The third-order valence-electron chi connectivity index (χ3n) is 5.71. The van der Waals surface area contributed by atoms with Crippen LogP contribution in [0.3, 0.4) is 0 Å². The predicted octanol–water partition coefficient (Wildman–Crippen LogP) is 0.619. The molecule has 0 saturated carbocycles. The summed E-state index contributed by atoms with van der Waals surface area (Å²) in [6, 6.07) is 8.75. The molecule has 1 fully saturated rings. The number of aliphatic hydroxyl groups excluding tert-OH is 2. The zero-order valence-electron chi connectivity index (χ0n) is 17.6. The Morgan fingerprint density at radius 1 is 1.21 bits per heavy atom. The van der Waals surface area contributed by atoms with Crippen molar-refractivity contribution in [3.05, 3.63) is 54.6 Å². The Morgan fingerprint density at radius 2 is 2.06 bits per heavy atom. The van der Waals surface area contributed by atoms with Gasteiger partial charge in [-0.05, 0) is 24.3 Å². The Bertz CT molecular complexity index is 1340. The van der Waals surface area contributed by atoms with Crippen LogP contribution in [0.5, 0.6) is 5.75 Å². The monoisotopic (exact) mass is 450 g/mol.